The summed E-state index contributed by atoms with van der Waals surface area (Å²) in [5, 5.41) is 4.15. The first kappa shape index (κ1) is 13.2. The van der Waals surface area contributed by atoms with Crippen LogP contribution in [0.1, 0.15) is 26.3 Å². The molecule has 0 aliphatic heterocycles. The molecular weight excluding hydrogens is 292 g/mol. The highest BCUT2D eigenvalue weighted by Crippen LogP contribution is 2.40. The van der Waals surface area contributed by atoms with Crippen LogP contribution in [0.5, 0.6) is 0 Å². The summed E-state index contributed by atoms with van der Waals surface area (Å²) in [4.78, 5) is 0. The van der Waals surface area contributed by atoms with E-state index in [9.17, 15) is 0 Å². The van der Waals surface area contributed by atoms with E-state index < -0.39 is 0 Å². The summed E-state index contributed by atoms with van der Waals surface area (Å²) in [6, 6.07) is 18.0. The molecule has 0 saturated heterocycles. The summed E-state index contributed by atoms with van der Waals surface area (Å²) in [6.07, 6.45) is 0. The van der Waals surface area contributed by atoms with Crippen molar-refractivity contribution in [1.29, 1.82) is 0 Å². The van der Waals surface area contributed by atoms with E-state index >= 15 is 0 Å². The van der Waals surface area contributed by atoms with Gasteiger partial charge in [-0.3, -0.25) is 0 Å². The lowest BCUT2D eigenvalue weighted by atomic mass is 9.86. The van der Waals surface area contributed by atoms with Crippen molar-refractivity contribution < 1.29 is 0 Å². The van der Waals surface area contributed by atoms with Gasteiger partial charge in [-0.05, 0) is 35.2 Å². The Morgan fingerprint density at radius 3 is 2.52 bits per heavy atom. The third-order valence-electron chi connectivity index (χ3n) is 3.98. The Bertz CT molecular complexity index is 971. The lowest BCUT2D eigenvalue weighted by molar-refractivity contribution is 0.591. The van der Waals surface area contributed by atoms with E-state index in [0.717, 1.165) is 0 Å². The van der Waals surface area contributed by atoms with Gasteiger partial charge >= 0.3 is 0 Å². The minimum Gasteiger partial charge on any atom is -0.0614 e. The molecule has 0 aliphatic carbocycles. The molecule has 0 saturated carbocycles. The number of fused-ring (bicyclic) bond motifs is 4. The van der Waals surface area contributed by atoms with Crippen LogP contribution >= 0.6 is 22.7 Å². The number of hydrogen-bond acceptors (Lipinski definition) is 1. The van der Waals surface area contributed by atoms with E-state index in [1.165, 1.54) is 35.1 Å². The van der Waals surface area contributed by atoms with Gasteiger partial charge in [-0.25, -0.2) is 0 Å². The van der Waals surface area contributed by atoms with E-state index in [-0.39, 0.29) is 5.41 Å². The van der Waals surface area contributed by atoms with Crippen molar-refractivity contribution in [3.63, 3.8) is 0 Å². The highest BCUT2D eigenvalue weighted by molar-refractivity contribution is 7.43. The fourth-order valence-electron chi connectivity index (χ4n) is 2.73. The van der Waals surface area contributed by atoms with Crippen LogP contribution in [-0.4, -0.2) is 0 Å². The zero-order chi connectivity index (χ0) is 14.6. The molecule has 4 rings (SSSR count). The highest BCUT2D eigenvalue weighted by atomic mass is 32.2. The van der Waals surface area contributed by atoms with Gasteiger partial charge in [0, 0.05) is 10.8 Å². The predicted molar refractivity (Wildman–Crippen MR) is 97.8 cm³/mol. The third-order valence-corrected chi connectivity index (χ3v) is 6.46. The fraction of sp³-hybridized carbons (Fsp3) is 0.211. The summed E-state index contributed by atoms with van der Waals surface area (Å²) in [5.41, 5.74) is 1.60. The standard InChI is InChI=1S/C19H17S2/c1-19(2,3)13-8-9-16-12(10-13)11-15-14-6-4-5-7-17(14)21-18(15)20-16/h4-11H,1-3H3/q+1. The van der Waals surface area contributed by atoms with Crippen LogP contribution in [0.4, 0.5) is 0 Å². The maximum absolute atomic E-state index is 2.37. The second-order valence-corrected chi connectivity index (χ2v) is 8.91. The molecule has 0 unspecified atom stereocenters. The van der Waals surface area contributed by atoms with Crippen molar-refractivity contribution in [2.75, 3.05) is 0 Å². The molecule has 2 aromatic carbocycles. The average molecular weight is 309 g/mol. The fourth-order valence-corrected chi connectivity index (χ4v) is 5.20. The zero-order valence-electron chi connectivity index (χ0n) is 12.4. The first-order valence-corrected chi connectivity index (χ1v) is 8.84. The van der Waals surface area contributed by atoms with Gasteiger partial charge < -0.3 is 0 Å². The van der Waals surface area contributed by atoms with Gasteiger partial charge in [0.1, 0.15) is 9.40 Å². The van der Waals surface area contributed by atoms with Crippen LogP contribution in [0.3, 0.4) is 0 Å². The normalized spacial score (nSPS) is 12.5. The average Bonchev–Trinajstić information content (AvgIpc) is 2.81. The van der Waals surface area contributed by atoms with Gasteiger partial charge in [0.25, 0.3) is 4.01 Å². The Kier molecular flexibility index (Phi) is 2.82. The quantitative estimate of drug-likeness (QED) is 0.312. The maximum atomic E-state index is 2.37. The minimum atomic E-state index is 0.199. The number of rotatable bonds is 0. The molecule has 0 fully saturated rings. The predicted octanol–water partition coefficient (Wildman–Crippen LogP) is 6.85. The van der Waals surface area contributed by atoms with Crippen molar-refractivity contribution in [2.45, 2.75) is 26.2 Å². The first-order valence-electron chi connectivity index (χ1n) is 7.21. The summed E-state index contributed by atoms with van der Waals surface area (Å²) in [7, 11) is 0. The van der Waals surface area contributed by atoms with E-state index in [1.807, 2.05) is 22.7 Å². The molecule has 0 amide bonds. The van der Waals surface area contributed by atoms with E-state index in [2.05, 4.69) is 69.3 Å². The molecule has 104 valence electrons. The zero-order valence-corrected chi connectivity index (χ0v) is 14.1. The lowest BCUT2D eigenvalue weighted by Gasteiger charge is -2.18. The van der Waals surface area contributed by atoms with Crippen molar-refractivity contribution in [1.82, 2.24) is 0 Å². The van der Waals surface area contributed by atoms with Crippen molar-refractivity contribution in [3.05, 3.63) is 54.1 Å². The first-order chi connectivity index (χ1) is 10.0. The molecule has 0 nitrogen and oxygen atoms in total. The lowest BCUT2D eigenvalue weighted by Crippen LogP contribution is -2.10. The van der Waals surface area contributed by atoms with Crippen molar-refractivity contribution >= 4 is 52.2 Å². The van der Waals surface area contributed by atoms with Gasteiger partial charge in [0.05, 0.1) is 28.1 Å². The number of hydrogen-bond donors (Lipinski definition) is 0. The molecule has 0 bridgehead atoms. The molecule has 2 heterocycles. The van der Waals surface area contributed by atoms with E-state index in [4.69, 9.17) is 0 Å². The van der Waals surface area contributed by atoms with Crippen LogP contribution in [0.2, 0.25) is 0 Å². The van der Waals surface area contributed by atoms with E-state index in [1.54, 1.807) is 0 Å². The largest absolute Gasteiger partial charge is 0.286 e. The summed E-state index contributed by atoms with van der Waals surface area (Å²) in [6.45, 7) is 6.82. The van der Waals surface area contributed by atoms with Gasteiger partial charge in [-0.15, -0.1) is 0 Å². The SMILES string of the molecule is CC(C)(C)c1ccc2[s+]c3sc4ccccc4c3cc2c1. The summed E-state index contributed by atoms with van der Waals surface area (Å²) < 4.78 is 4.18. The Morgan fingerprint density at radius 1 is 0.905 bits per heavy atom. The molecule has 0 radical (unpaired) electrons. The van der Waals surface area contributed by atoms with Crippen molar-refractivity contribution in [3.8, 4) is 0 Å². The molecule has 4 aromatic rings. The van der Waals surface area contributed by atoms with Crippen LogP contribution in [0.25, 0.3) is 29.6 Å². The minimum absolute atomic E-state index is 0.199. The molecule has 0 N–H and O–H groups in total. The van der Waals surface area contributed by atoms with Gasteiger partial charge in [-0.2, -0.15) is 0 Å². The summed E-state index contributed by atoms with van der Waals surface area (Å²) in [5.74, 6) is 0. The highest BCUT2D eigenvalue weighted by Gasteiger charge is 2.18. The molecule has 2 aromatic heterocycles. The van der Waals surface area contributed by atoms with Crippen LogP contribution in [0, 0.1) is 0 Å². The Labute approximate surface area is 132 Å². The van der Waals surface area contributed by atoms with Gasteiger partial charge in [0.2, 0.25) is 0 Å². The molecule has 0 aliphatic rings. The van der Waals surface area contributed by atoms with Crippen LogP contribution in [-0.2, 0) is 5.41 Å². The van der Waals surface area contributed by atoms with Crippen LogP contribution in [0.15, 0.2) is 48.5 Å². The molecule has 2 heteroatoms. The monoisotopic (exact) mass is 309 g/mol. The molecule has 0 atom stereocenters. The Morgan fingerprint density at radius 2 is 1.71 bits per heavy atom. The van der Waals surface area contributed by atoms with Gasteiger partial charge in [0.15, 0.2) is 0 Å². The maximum Gasteiger partial charge on any atom is 0.286 e. The van der Waals surface area contributed by atoms with Gasteiger partial charge in [-0.1, -0.05) is 45.0 Å². The third kappa shape index (κ3) is 2.14. The number of thiophene rings is 1. The summed E-state index contributed by atoms with van der Waals surface area (Å²) >= 11 is 3.82. The molecular formula is C19H17S2+. The topological polar surface area (TPSA) is 0 Å². The molecule has 21 heavy (non-hydrogen) atoms. The van der Waals surface area contributed by atoms with Crippen molar-refractivity contribution in [2.24, 2.45) is 0 Å². The van der Waals surface area contributed by atoms with E-state index in [0.29, 0.717) is 0 Å². The molecule has 0 spiro atoms. The Balaban J connectivity index is 2.08. The second-order valence-electron chi connectivity index (χ2n) is 6.55. The Hall–Kier alpha value is -1.51. The van der Waals surface area contributed by atoms with Crippen LogP contribution < -0.4 is 0 Å². The number of benzene rings is 2. The second kappa shape index (κ2) is 4.49. The smallest absolute Gasteiger partial charge is 0.0614 e.